The van der Waals surface area contributed by atoms with E-state index in [2.05, 4.69) is 9.72 Å². The van der Waals surface area contributed by atoms with Crippen molar-refractivity contribution in [2.75, 3.05) is 20.3 Å². The highest BCUT2D eigenvalue weighted by molar-refractivity contribution is 5.89. The van der Waals surface area contributed by atoms with Gasteiger partial charge in [-0.3, -0.25) is 9.82 Å². The first-order chi connectivity index (χ1) is 11.2. The quantitative estimate of drug-likeness (QED) is 0.771. The smallest absolute Gasteiger partial charge is 0.434 e. The Morgan fingerprint density at radius 3 is 2.58 bits per heavy atom. The number of carbonyl (C=O) groups is 2. The van der Waals surface area contributed by atoms with Gasteiger partial charge in [0.15, 0.2) is 0 Å². The fourth-order valence-electron chi connectivity index (χ4n) is 1.96. The minimum atomic E-state index is -0.669. The summed E-state index contributed by atoms with van der Waals surface area (Å²) in [5, 5.41) is 1.05. The van der Waals surface area contributed by atoms with Crippen LogP contribution in [0.15, 0.2) is 18.3 Å². The molecule has 0 unspecified atom stereocenters. The van der Waals surface area contributed by atoms with Crippen LogP contribution in [0.4, 0.5) is 9.18 Å². The predicted octanol–water partition coefficient (Wildman–Crippen LogP) is 2.57. The van der Waals surface area contributed by atoms with Gasteiger partial charge in [0.2, 0.25) is 0 Å². The summed E-state index contributed by atoms with van der Waals surface area (Å²) in [5.41, 5.74) is -0.0800. The number of hydrogen-bond acceptors (Lipinski definition) is 6. The van der Waals surface area contributed by atoms with Crippen molar-refractivity contribution in [2.24, 2.45) is 0 Å². The fourth-order valence-corrected chi connectivity index (χ4v) is 1.96. The van der Waals surface area contributed by atoms with Crippen LogP contribution in [-0.4, -0.2) is 48.0 Å². The molecule has 0 aliphatic carbocycles. The summed E-state index contributed by atoms with van der Waals surface area (Å²) in [5.74, 6) is -1.34. The number of carbonyl (C=O) groups excluding carboxylic acids is 2. The molecule has 1 amide bonds. The molecule has 0 fully saturated rings. The summed E-state index contributed by atoms with van der Waals surface area (Å²) in [6.07, 6.45) is 2.23. The Balaban J connectivity index is 2.10. The second kappa shape index (κ2) is 6.96. The number of ether oxygens (including phenoxy) is 2. The summed E-state index contributed by atoms with van der Waals surface area (Å²) < 4.78 is 23.8. The summed E-state index contributed by atoms with van der Waals surface area (Å²) in [4.78, 5) is 32.5. The number of nitrogens with zero attached hydrogens (tertiary/aromatic N) is 2. The average molecular weight is 338 g/mol. The Bertz CT molecular complexity index is 682. The zero-order valence-electron chi connectivity index (χ0n) is 14.0. The monoisotopic (exact) mass is 338 g/mol. The molecular formula is C16H19FN2O5. The van der Waals surface area contributed by atoms with Gasteiger partial charge in [0.25, 0.3) is 0 Å². The minimum absolute atomic E-state index is 0.0199. The van der Waals surface area contributed by atoms with Crippen molar-refractivity contribution in [1.29, 1.82) is 0 Å². The maximum absolute atomic E-state index is 14.1. The van der Waals surface area contributed by atoms with Crippen molar-refractivity contribution < 1.29 is 28.3 Å². The van der Waals surface area contributed by atoms with E-state index in [1.165, 1.54) is 13.3 Å². The molecule has 0 saturated carbocycles. The lowest BCUT2D eigenvalue weighted by Crippen LogP contribution is -2.39. The molecule has 24 heavy (non-hydrogen) atoms. The lowest BCUT2D eigenvalue weighted by atomic mass is 10.1. The predicted molar refractivity (Wildman–Crippen MR) is 82.4 cm³/mol. The van der Waals surface area contributed by atoms with Gasteiger partial charge in [-0.2, -0.15) is 5.06 Å². The number of methoxy groups -OCH3 is 1. The molecule has 0 N–H and O–H groups in total. The van der Waals surface area contributed by atoms with E-state index in [4.69, 9.17) is 9.57 Å². The number of esters is 1. The molecule has 0 aromatic carbocycles. The van der Waals surface area contributed by atoms with E-state index in [0.29, 0.717) is 5.57 Å². The lowest BCUT2D eigenvalue weighted by molar-refractivity contribution is -0.133. The molecule has 0 saturated heterocycles. The van der Waals surface area contributed by atoms with E-state index in [1.54, 1.807) is 26.8 Å². The van der Waals surface area contributed by atoms with Crippen LogP contribution in [0, 0.1) is 5.82 Å². The van der Waals surface area contributed by atoms with Crippen LogP contribution >= 0.6 is 0 Å². The fraction of sp³-hybridized carbons (Fsp3) is 0.438. The number of hydrogen-bond donors (Lipinski definition) is 0. The van der Waals surface area contributed by atoms with Gasteiger partial charge in [-0.25, -0.2) is 14.0 Å². The Morgan fingerprint density at radius 1 is 1.38 bits per heavy atom. The van der Waals surface area contributed by atoms with E-state index in [0.717, 1.165) is 11.1 Å². The van der Waals surface area contributed by atoms with E-state index < -0.39 is 23.5 Å². The van der Waals surface area contributed by atoms with Crippen LogP contribution in [0.3, 0.4) is 0 Å². The topological polar surface area (TPSA) is 78.0 Å². The van der Waals surface area contributed by atoms with Crippen molar-refractivity contribution in [3.05, 3.63) is 35.4 Å². The van der Waals surface area contributed by atoms with Gasteiger partial charge in [-0.1, -0.05) is 6.08 Å². The number of aromatic nitrogens is 1. The first kappa shape index (κ1) is 17.9. The molecule has 130 valence electrons. The molecule has 1 aliphatic heterocycles. The summed E-state index contributed by atoms with van der Waals surface area (Å²) in [6, 6.07) is 1.05. The SMILES string of the molecule is COC(=O)c1cnc(C2=CCN(C(=O)OC(C)(C)C)OC2)c(F)c1. The number of halogens is 1. The number of hydroxylamine groups is 2. The van der Waals surface area contributed by atoms with Crippen molar-refractivity contribution in [1.82, 2.24) is 10.0 Å². The maximum Gasteiger partial charge on any atom is 0.434 e. The minimum Gasteiger partial charge on any atom is -0.465 e. The molecule has 1 aliphatic rings. The van der Waals surface area contributed by atoms with E-state index in [9.17, 15) is 14.0 Å². The molecule has 0 spiro atoms. The molecule has 2 rings (SSSR count). The third kappa shape index (κ3) is 4.29. The van der Waals surface area contributed by atoms with Crippen LogP contribution in [-0.2, 0) is 14.3 Å². The van der Waals surface area contributed by atoms with Crippen LogP contribution < -0.4 is 0 Å². The van der Waals surface area contributed by atoms with Gasteiger partial charge < -0.3 is 9.47 Å². The van der Waals surface area contributed by atoms with Gasteiger partial charge in [0, 0.05) is 11.8 Å². The average Bonchev–Trinajstić information content (AvgIpc) is 2.52. The normalized spacial score (nSPS) is 14.9. The summed E-state index contributed by atoms with van der Waals surface area (Å²) >= 11 is 0. The van der Waals surface area contributed by atoms with E-state index >= 15 is 0 Å². The van der Waals surface area contributed by atoms with Crippen molar-refractivity contribution in [2.45, 2.75) is 26.4 Å². The number of pyridine rings is 1. The highest BCUT2D eigenvalue weighted by Gasteiger charge is 2.26. The van der Waals surface area contributed by atoms with Gasteiger partial charge in [0.1, 0.15) is 23.7 Å². The molecule has 2 heterocycles. The molecule has 0 atom stereocenters. The molecule has 1 aromatic heterocycles. The molecule has 7 nitrogen and oxygen atoms in total. The van der Waals surface area contributed by atoms with Crippen LogP contribution in [0.25, 0.3) is 5.57 Å². The first-order valence-corrected chi connectivity index (χ1v) is 7.28. The Hall–Kier alpha value is -2.48. The van der Waals surface area contributed by atoms with Crippen LogP contribution in [0.5, 0.6) is 0 Å². The van der Waals surface area contributed by atoms with E-state index in [1.807, 2.05) is 0 Å². The largest absolute Gasteiger partial charge is 0.465 e. The number of rotatable bonds is 2. The zero-order chi connectivity index (χ0) is 17.9. The molecule has 1 aromatic rings. The third-order valence-corrected chi connectivity index (χ3v) is 3.04. The van der Waals surface area contributed by atoms with Gasteiger partial charge in [-0.05, 0) is 26.8 Å². The lowest BCUT2D eigenvalue weighted by Gasteiger charge is -2.28. The van der Waals surface area contributed by atoms with Crippen molar-refractivity contribution in [3.8, 4) is 0 Å². The van der Waals surface area contributed by atoms with Gasteiger partial charge >= 0.3 is 12.1 Å². The van der Waals surface area contributed by atoms with Crippen molar-refractivity contribution >= 4 is 17.6 Å². The Kier molecular flexibility index (Phi) is 5.18. The third-order valence-electron chi connectivity index (χ3n) is 3.04. The molecule has 8 heteroatoms. The Morgan fingerprint density at radius 2 is 2.08 bits per heavy atom. The standard InChI is InChI=1S/C16H19FN2O5/c1-16(2,3)24-15(21)19-6-5-10(9-23-19)13-12(17)7-11(8-18-13)14(20)22-4/h5,7-8H,6,9H2,1-4H3. The zero-order valence-corrected chi connectivity index (χ0v) is 14.0. The maximum atomic E-state index is 14.1. The first-order valence-electron chi connectivity index (χ1n) is 7.28. The summed E-state index contributed by atoms with van der Waals surface area (Å²) in [7, 11) is 1.21. The number of amides is 1. The highest BCUT2D eigenvalue weighted by Crippen LogP contribution is 2.22. The van der Waals surface area contributed by atoms with Gasteiger partial charge in [-0.15, -0.1) is 0 Å². The second-order valence-corrected chi connectivity index (χ2v) is 6.09. The van der Waals surface area contributed by atoms with Crippen molar-refractivity contribution in [3.63, 3.8) is 0 Å². The molecule has 0 radical (unpaired) electrons. The van der Waals surface area contributed by atoms with Gasteiger partial charge in [0.05, 0.1) is 19.2 Å². The highest BCUT2D eigenvalue weighted by atomic mass is 19.1. The second-order valence-electron chi connectivity index (χ2n) is 6.09. The molecule has 0 bridgehead atoms. The van der Waals surface area contributed by atoms with Crippen LogP contribution in [0.2, 0.25) is 0 Å². The van der Waals surface area contributed by atoms with E-state index in [-0.39, 0.29) is 24.4 Å². The summed E-state index contributed by atoms with van der Waals surface area (Å²) in [6.45, 7) is 5.31. The molecular weight excluding hydrogens is 319 g/mol. The van der Waals surface area contributed by atoms with Crippen LogP contribution in [0.1, 0.15) is 36.8 Å². The Labute approximate surface area is 139 Å².